The molecule has 1 aliphatic carbocycles. The van der Waals surface area contributed by atoms with E-state index in [2.05, 4.69) is 0 Å². The van der Waals surface area contributed by atoms with Gasteiger partial charge in [0.25, 0.3) is 0 Å². The number of carbonyl (C=O) groups is 2. The van der Waals surface area contributed by atoms with E-state index >= 15 is 0 Å². The monoisotopic (exact) mass is 345 g/mol. The van der Waals surface area contributed by atoms with Crippen molar-refractivity contribution in [2.75, 3.05) is 13.1 Å². The van der Waals surface area contributed by atoms with Crippen LogP contribution in [0.2, 0.25) is 0 Å². The van der Waals surface area contributed by atoms with Crippen LogP contribution in [0.4, 0.5) is 4.79 Å². The molecule has 2 N–H and O–H groups in total. The van der Waals surface area contributed by atoms with E-state index in [1.54, 1.807) is 11.8 Å². The SMILES string of the molecule is CC(N)C(=O)N(C1CC1)C1CCCN(C(=O)OCc2ccccc2)C1. The van der Waals surface area contributed by atoms with Crippen LogP contribution in [0.3, 0.4) is 0 Å². The summed E-state index contributed by atoms with van der Waals surface area (Å²) in [5.41, 5.74) is 6.79. The summed E-state index contributed by atoms with van der Waals surface area (Å²) in [5.74, 6) is -0.00740. The van der Waals surface area contributed by atoms with Crippen LogP contribution in [0, 0.1) is 0 Å². The minimum atomic E-state index is -0.499. The lowest BCUT2D eigenvalue weighted by Gasteiger charge is -2.39. The summed E-state index contributed by atoms with van der Waals surface area (Å²) in [6, 6.07) is 9.49. The Labute approximate surface area is 148 Å². The van der Waals surface area contributed by atoms with E-state index < -0.39 is 6.04 Å². The van der Waals surface area contributed by atoms with Crippen molar-refractivity contribution in [3.05, 3.63) is 35.9 Å². The number of amides is 2. The molecule has 0 bridgehead atoms. The maximum atomic E-state index is 12.5. The fourth-order valence-corrected chi connectivity index (χ4v) is 3.40. The van der Waals surface area contributed by atoms with Crippen LogP contribution in [-0.4, -0.2) is 53.0 Å². The number of ether oxygens (including phenoxy) is 1. The molecule has 2 atom stereocenters. The summed E-state index contributed by atoms with van der Waals surface area (Å²) in [7, 11) is 0. The van der Waals surface area contributed by atoms with Gasteiger partial charge in [0.2, 0.25) is 5.91 Å². The molecule has 1 saturated carbocycles. The van der Waals surface area contributed by atoms with Gasteiger partial charge in [-0.15, -0.1) is 0 Å². The molecule has 2 fully saturated rings. The number of piperidine rings is 1. The first-order valence-corrected chi connectivity index (χ1v) is 9.09. The minimum Gasteiger partial charge on any atom is -0.445 e. The Kier molecular flexibility index (Phi) is 5.58. The highest BCUT2D eigenvalue weighted by molar-refractivity contribution is 5.82. The van der Waals surface area contributed by atoms with Crippen molar-refractivity contribution in [1.29, 1.82) is 0 Å². The molecular weight excluding hydrogens is 318 g/mol. The maximum Gasteiger partial charge on any atom is 0.410 e. The first kappa shape index (κ1) is 17.7. The van der Waals surface area contributed by atoms with Crippen molar-refractivity contribution in [2.24, 2.45) is 5.73 Å². The number of nitrogens with two attached hydrogens (primary N) is 1. The number of rotatable bonds is 5. The predicted octanol–water partition coefficient (Wildman–Crippen LogP) is 2.13. The Morgan fingerprint density at radius 2 is 1.96 bits per heavy atom. The number of carbonyl (C=O) groups excluding carboxylic acids is 2. The Bertz CT molecular complexity index is 601. The summed E-state index contributed by atoms with van der Waals surface area (Å²) in [5, 5.41) is 0. The van der Waals surface area contributed by atoms with Crippen LogP contribution in [0.1, 0.15) is 38.2 Å². The molecule has 25 heavy (non-hydrogen) atoms. The smallest absolute Gasteiger partial charge is 0.410 e. The zero-order chi connectivity index (χ0) is 17.8. The predicted molar refractivity (Wildman–Crippen MR) is 94.7 cm³/mol. The number of likely N-dealkylation sites (tertiary alicyclic amines) is 1. The molecule has 1 saturated heterocycles. The molecule has 1 aromatic rings. The van der Waals surface area contributed by atoms with Gasteiger partial charge >= 0.3 is 6.09 Å². The number of benzene rings is 1. The highest BCUT2D eigenvalue weighted by atomic mass is 16.6. The van der Waals surface area contributed by atoms with Crippen molar-refractivity contribution in [2.45, 2.75) is 57.3 Å². The van der Waals surface area contributed by atoms with E-state index in [1.165, 1.54) is 0 Å². The van der Waals surface area contributed by atoms with Crippen LogP contribution in [-0.2, 0) is 16.1 Å². The van der Waals surface area contributed by atoms with E-state index in [0.29, 0.717) is 19.1 Å². The molecule has 1 aromatic carbocycles. The van der Waals surface area contributed by atoms with E-state index in [-0.39, 0.29) is 24.6 Å². The lowest BCUT2D eigenvalue weighted by Crippen LogP contribution is -2.55. The van der Waals surface area contributed by atoms with Crippen LogP contribution in [0.15, 0.2) is 30.3 Å². The molecular formula is C19H27N3O3. The fraction of sp³-hybridized carbons (Fsp3) is 0.579. The Morgan fingerprint density at radius 1 is 1.24 bits per heavy atom. The van der Waals surface area contributed by atoms with E-state index in [4.69, 9.17) is 10.5 Å². The first-order chi connectivity index (χ1) is 12.1. The summed E-state index contributed by atoms with van der Waals surface area (Å²) in [6.07, 6.45) is 3.55. The van der Waals surface area contributed by atoms with Gasteiger partial charge in [-0.1, -0.05) is 30.3 Å². The highest BCUT2D eigenvalue weighted by Gasteiger charge is 2.40. The van der Waals surface area contributed by atoms with Crippen molar-refractivity contribution in [3.8, 4) is 0 Å². The van der Waals surface area contributed by atoms with E-state index in [0.717, 1.165) is 31.2 Å². The largest absolute Gasteiger partial charge is 0.445 e. The van der Waals surface area contributed by atoms with E-state index in [1.807, 2.05) is 35.2 Å². The fourth-order valence-electron chi connectivity index (χ4n) is 3.40. The van der Waals surface area contributed by atoms with Crippen LogP contribution in [0.5, 0.6) is 0 Å². The number of nitrogens with zero attached hydrogens (tertiary/aromatic N) is 2. The molecule has 3 rings (SSSR count). The minimum absolute atomic E-state index is 0.00740. The second-order valence-corrected chi connectivity index (χ2v) is 7.05. The van der Waals surface area contributed by atoms with Crippen molar-refractivity contribution in [3.63, 3.8) is 0 Å². The molecule has 136 valence electrons. The van der Waals surface area contributed by atoms with Gasteiger partial charge in [-0.2, -0.15) is 0 Å². The van der Waals surface area contributed by atoms with Gasteiger partial charge in [-0.05, 0) is 38.2 Å². The third kappa shape index (κ3) is 4.51. The Hall–Kier alpha value is -2.08. The van der Waals surface area contributed by atoms with Crippen molar-refractivity contribution >= 4 is 12.0 Å². The van der Waals surface area contributed by atoms with Gasteiger partial charge in [-0.3, -0.25) is 4.79 Å². The average Bonchev–Trinajstić information content (AvgIpc) is 3.46. The van der Waals surface area contributed by atoms with Crippen molar-refractivity contribution in [1.82, 2.24) is 9.80 Å². The summed E-state index contributed by atoms with van der Waals surface area (Å²) in [6.45, 7) is 3.20. The molecule has 2 amide bonds. The second-order valence-electron chi connectivity index (χ2n) is 7.05. The normalized spacial score (nSPS) is 21.5. The van der Waals surface area contributed by atoms with Crippen molar-refractivity contribution < 1.29 is 14.3 Å². The molecule has 0 aromatic heterocycles. The Morgan fingerprint density at radius 3 is 2.60 bits per heavy atom. The molecule has 6 heteroatoms. The third-order valence-corrected chi connectivity index (χ3v) is 4.84. The Balaban J connectivity index is 1.58. The van der Waals surface area contributed by atoms with Crippen LogP contribution < -0.4 is 5.73 Å². The van der Waals surface area contributed by atoms with Crippen LogP contribution in [0.25, 0.3) is 0 Å². The van der Waals surface area contributed by atoms with Gasteiger partial charge in [-0.25, -0.2) is 4.79 Å². The zero-order valence-corrected chi connectivity index (χ0v) is 14.8. The van der Waals surface area contributed by atoms with Gasteiger partial charge < -0.3 is 20.3 Å². The molecule has 6 nitrogen and oxygen atoms in total. The molecule has 2 aliphatic rings. The zero-order valence-electron chi connectivity index (χ0n) is 14.8. The average molecular weight is 345 g/mol. The molecule has 1 heterocycles. The van der Waals surface area contributed by atoms with Crippen LogP contribution >= 0.6 is 0 Å². The molecule has 0 spiro atoms. The third-order valence-electron chi connectivity index (χ3n) is 4.84. The number of hydrogen-bond acceptors (Lipinski definition) is 4. The standard InChI is InChI=1S/C19H27N3O3/c1-14(20)18(23)22(16-9-10-16)17-8-5-11-21(12-17)19(24)25-13-15-6-3-2-4-7-15/h2-4,6-7,14,16-17H,5,8-13,20H2,1H3. The lowest BCUT2D eigenvalue weighted by molar-refractivity contribution is -0.136. The summed E-state index contributed by atoms with van der Waals surface area (Å²) >= 11 is 0. The van der Waals surface area contributed by atoms with E-state index in [9.17, 15) is 9.59 Å². The van der Waals surface area contributed by atoms with Gasteiger partial charge in [0, 0.05) is 25.2 Å². The van der Waals surface area contributed by atoms with Gasteiger partial charge in [0.05, 0.1) is 6.04 Å². The second kappa shape index (κ2) is 7.87. The van der Waals surface area contributed by atoms with Gasteiger partial charge in [0.1, 0.15) is 6.61 Å². The molecule has 2 unspecified atom stereocenters. The summed E-state index contributed by atoms with van der Waals surface area (Å²) < 4.78 is 5.44. The first-order valence-electron chi connectivity index (χ1n) is 9.09. The summed E-state index contributed by atoms with van der Waals surface area (Å²) in [4.78, 5) is 28.5. The lowest BCUT2D eigenvalue weighted by atomic mass is 10.0. The highest BCUT2D eigenvalue weighted by Crippen LogP contribution is 2.32. The maximum absolute atomic E-state index is 12.5. The topological polar surface area (TPSA) is 75.9 Å². The quantitative estimate of drug-likeness (QED) is 0.887. The number of hydrogen-bond donors (Lipinski definition) is 1. The molecule has 1 aliphatic heterocycles. The van der Waals surface area contributed by atoms with Gasteiger partial charge in [0.15, 0.2) is 0 Å². The molecule has 0 radical (unpaired) electrons.